The minimum Gasteiger partial charge on any atom is -0.455 e. The highest BCUT2D eigenvalue weighted by Crippen LogP contribution is 2.32. The molecule has 9 heteroatoms. The molecule has 2 heterocycles. The molecule has 0 radical (unpaired) electrons. The Morgan fingerprint density at radius 3 is 2.85 bits per heavy atom. The summed E-state index contributed by atoms with van der Waals surface area (Å²) in [6, 6.07) is 10.5. The van der Waals surface area contributed by atoms with Crippen LogP contribution in [0, 0.1) is 18.3 Å². The Balaban J connectivity index is 1.73. The molecule has 0 saturated heterocycles. The number of rotatable bonds is 4. The second-order valence-corrected chi connectivity index (χ2v) is 7.33. The summed E-state index contributed by atoms with van der Waals surface area (Å²) in [5.74, 6) is 0.490. The summed E-state index contributed by atoms with van der Waals surface area (Å²) in [6.45, 7) is 1.66. The van der Waals surface area contributed by atoms with Gasteiger partial charge in [0, 0.05) is 10.6 Å². The topological polar surface area (TPSA) is 104 Å². The average Bonchev–Trinajstić information content (AvgIpc) is 3.21. The summed E-state index contributed by atoms with van der Waals surface area (Å²) in [5, 5.41) is 14.3. The zero-order valence-electron chi connectivity index (χ0n) is 13.9. The number of hydrogen-bond acceptors (Lipinski definition) is 6. The number of benzene rings is 1. The average molecular weight is 419 g/mol. The van der Waals surface area contributed by atoms with Crippen LogP contribution in [0.5, 0.6) is 0 Å². The van der Waals surface area contributed by atoms with Crippen molar-refractivity contribution in [3.8, 4) is 17.4 Å². The molecule has 6 nitrogen and oxygen atoms in total. The van der Waals surface area contributed by atoms with Crippen LogP contribution in [0.2, 0.25) is 10.0 Å². The van der Waals surface area contributed by atoms with E-state index in [1.54, 1.807) is 37.3 Å². The lowest BCUT2D eigenvalue weighted by Crippen LogP contribution is -2.17. The SMILES string of the molecule is Cc1c(C(=O)N/N=C\c2ccc(-c3cc(Cl)ccc3Cl)o2)sc(N)c1C#N. The molecule has 136 valence electrons. The highest BCUT2D eigenvalue weighted by Gasteiger charge is 2.18. The number of carbonyl (C=O) groups excluding carboxylic acids is 1. The molecule has 1 aromatic carbocycles. The van der Waals surface area contributed by atoms with Gasteiger partial charge in [-0.3, -0.25) is 4.79 Å². The van der Waals surface area contributed by atoms with Gasteiger partial charge in [0.1, 0.15) is 27.5 Å². The molecule has 0 aliphatic carbocycles. The van der Waals surface area contributed by atoms with E-state index in [9.17, 15) is 4.79 Å². The van der Waals surface area contributed by atoms with E-state index >= 15 is 0 Å². The minimum atomic E-state index is -0.452. The van der Waals surface area contributed by atoms with E-state index in [4.69, 9.17) is 38.6 Å². The van der Waals surface area contributed by atoms with Gasteiger partial charge in [-0.25, -0.2) is 5.43 Å². The van der Waals surface area contributed by atoms with Crippen molar-refractivity contribution in [3.63, 3.8) is 0 Å². The molecule has 0 spiro atoms. The largest absolute Gasteiger partial charge is 0.455 e. The van der Waals surface area contributed by atoms with Crippen LogP contribution in [0.4, 0.5) is 5.00 Å². The fourth-order valence-corrected chi connectivity index (χ4v) is 3.65. The Bertz CT molecular complexity index is 1100. The van der Waals surface area contributed by atoms with E-state index < -0.39 is 5.91 Å². The Hall–Kier alpha value is -2.79. The number of nitriles is 1. The van der Waals surface area contributed by atoms with Crippen molar-refractivity contribution < 1.29 is 9.21 Å². The van der Waals surface area contributed by atoms with Crippen molar-refractivity contribution in [2.24, 2.45) is 5.10 Å². The number of nitrogen functional groups attached to an aromatic ring is 1. The number of hydrogen-bond donors (Lipinski definition) is 2. The first-order chi connectivity index (χ1) is 12.9. The third-order valence-electron chi connectivity index (χ3n) is 3.67. The van der Waals surface area contributed by atoms with Crippen LogP contribution in [0.3, 0.4) is 0 Å². The van der Waals surface area contributed by atoms with E-state index in [0.717, 1.165) is 11.3 Å². The number of nitrogens with two attached hydrogens (primary N) is 1. The van der Waals surface area contributed by atoms with E-state index in [1.165, 1.54) is 6.21 Å². The molecule has 3 aromatic rings. The number of carbonyl (C=O) groups is 1. The second-order valence-electron chi connectivity index (χ2n) is 5.43. The standard InChI is InChI=1S/C18H12Cl2N4O2S/c1-9-13(7-21)17(22)27-16(9)18(25)24-23-8-11-3-5-15(26-11)12-6-10(19)2-4-14(12)20/h2-6,8H,22H2,1H3,(H,24,25)/b23-8-. The second kappa shape index (κ2) is 7.84. The fraction of sp³-hybridized carbons (Fsp3) is 0.0556. The molecule has 1 amide bonds. The molecule has 0 atom stereocenters. The molecule has 27 heavy (non-hydrogen) atoms. The highest BCUT2D eigenvalue weighted by atomic mass is 35.5. The predicted octanol–water partition coefficient (Wildman–Crippen LogP) is 4.84. The maximum atomic E-state index is 12.2. The first kappa shape index (κ1) is 19.0. The summed E-state index contributed by atoms with van der Waals surface area (Å²) in [5.41, 5.74) is 9.62. The van der Waals surface area contributed by atoms with Crippen LogP contribution in [-0.4, -0.2) is 12.1 Å². The summed E-state index contributed by atoms with van der Waals surface area (Å²) in [6.07, 6.45) is 1.36. The molecule has 3 N–H and O–H groups in total. The zero-order chi connectivity index (χ0) is 19.6. The van der Waals surface area contributed by atoms with Crippen molar-refractivity contribution in [2.75, 3.05) is 5.73 Å². The summed E-state index contributed by atoms with van der Waals surface area (Å²) >= 11 is 13.2. The molecule has 0 aliphatic rings. The summed E-state index contributed by atoms with van der Waals surface area (Å²) in [4.78, 5) is 12.5. The van der Waals surface area contributed by atoms with Gasteiger partial charge >= 0.3 is 0 Å². The van der Waals surface area contributed by atoms with E-state index in [2.05, 4.69) is 10.5 Å². The lowest BCUT2D eigenvalue weighted by Gasteiger charge is -2.01. The predicted molar refractivity (Wildman–Crippen MR) is 107 cm³/mol. The summed E-state index contributed by atoms with van der Waals surface area (Å²) in [7, 11) is 0. The lowest BCUT2D eigenvalue weighted by atomic mass is 10.2. The van der Waals surface area contributed by atoms with E-state index in [-0.39, 0.29) is 0 Å². The molecule has 0 aliphatic heterocycles. The molecule has 0 unspecified atom stereocenters. The number of nitrogens with one attached hydrogen (secondary N) is 1. The van der Waals surface area contributed by atoms with Crippen molar-refractivity contribution in [2.45, 2.75) is 6.92 Å². The van der Waals surface area contributed by atoms with Crippen LogP contribution in [0.1, 0.15) is 26.6 Å². The zero-order valence-corrected chi connectivity index (χ0v) is 16.2. The Morgan fingerprint density at radius 1 is 1.37 bits per heavy atom. The van der Waals surface area contributed by atoms with Crippen LogP contribution in [0.25, 0.3) is 11.3 Å². The maximum absolute atomic E-state index is 12.2. The third-order valence-corrected chi connectivity index (χ3v) is 5.36. The molecule has 0 saturated carbocycles. The van der Waals surface area contributed by atoms with Crippen LogP contribution in [0.15, 0.2) is 39.9 Å². The Labute approximate surface area is 168 Å². The molecular formula is C18H12Cl2N4O2S. The Morgan fingerprint density at radius 2 is 2.15 bits per heavy atom. The van der Waals surface area contributed by atoms with Crippen LogP contribution < -0.4 is 11.2 Å². The first-order valence-electron chi connectivity index (χ1n) is 7.58. The van der Waals surface area contributed by atoms with Crippen LogP contribution in [-0.2, 0) is 0 Å². The van der Waals surface area contributed by atoms with Crippen LogP contribution >= 0.6 is 34.5 Å². The molecule has 0 bridgehead atoms. The number of anilines is 1. The van der Waals surface area contributed by atoms with E-state index in [1.807, 2.05) is 6.07 Å². The normalized spacial score (nSPS) is 10.9. The fourth-order valence-electron chi connectivity index (χ4n) is 2.35. The highest BCUT2D eigenvalue weighted by molar-refractivity contribution is 7.18. The summed E-state index contributed by atoms with van der Waals surface area (Å²) < 4.78 is 5.65. The van der Waals surface area contributed by atoms with Gasteiger partial charge in [0.25, 0.3) is 5.91 Å². The minimum absolute atomic E-state index is 0.304. The molecular weight excluding hydrogens is 407 g/mol. The van der Waals surface area contributed by atoms with Gasteiger partial charge in [0.05, 0.1) is 16.8 Å². The van der Waals surface area contributed by atoms with Gasteiger partial charge in [-0.15, -0.1) is 11.3 Å². The van der Waals surface area contributed by atoms with Crippen molar-refractivity contribution in [3.05, 3.63) is 62.1 Å². The van der Waals surface area contributed by atoms with Gasteiger partial charge in [-0.1, -0.05) is 23.2 Å². The van der Waals surface area contributed by atoms with E-state index in [0.29, 0.717) is 48.1 Å². The first-order valence-corrected chi connectivity index (χ1v) is 9.15. The van der Waals surface area contributed by atoms with Gasteiger partial charge in [-0.05, 0) is 42.8 Å². The van der Waals surface area contributed by atoms with Crippen molar-refractivity contribution in [1.29, 1.82) is 5.26 Å². The van der Waals surface area contributed by atoms with Gasteiger partial charge in [0.2, 0.25) is 0 Å². The third kappa shape index (κ3) is 3.98. The number of furan rings is 1. The number of nitrogens with zero attached hydrogens (tertiary/aromatic N) is 2. The maximum Gasteiger partial charge on any atom is 0.281 e. The van der Waals surface area contributed by atoms with Crippen molar-refractivity contribution >= 4 is 51.7 Å². The quantitative estimate of drug-likeness (QED) is 0.466. The molecule has 0 fully saturated rings. The number of amides is 1. The number of thiophene rings is 1. The van der Waals surface area contributed by atoms with Gasteiger partial charge < -0.3 is 10.2 Å². The smallest absolute Gasteiger partial charge is 0.281 e. The monoisotopic (exact) mass is 418 g/mol. The number of hydrazone groups is 1. The van der Waals surface area contributed by atoms with Gasteiger partial charge in [0.15, 0.2) is 0 Å². The Kier molecular flexibility index (Phi) is 5.51. The molecule has 2 aromatic heterocycles. The molecule has 3 rings (SSSR count). The number of halogens is 2. The lowest BCUT2D eigenvalue weighted by molar-refractivity contribution is 0.0958. The van der Waals surface area contributed by atoms with Gasteiger partial charge in [-0.2, -0.15) is 10.4 Å². The van der Waals surface area contributed by atoms with Crippen molar-refractivity contribution in [1.82, 2.24) is 5.43 Å².